The van der Waals surface area contributed by atoms with Crippen LogP contribution < -0.4 is 15.4 Å². The number of rotatable bonds is 10. The van der Waals surface area contributed by atoms with Crippen molar-refractivity contribution in [1.82, 2.24) is 20.5 Å². The summed E-state index contributed by atoms with van der Waals surface area (Å²) < 4.78 is 5.90. The van der Waals surface area contributed by atoms with Crippen molar-refractivity contribution in [2.24, 2.45) is 4.99 Å². The number of carbonyl (C=O) groups is 1. The van der Waals surface area contributed by atoms with Gasteiger partial charge in [0.1, 0.15) is 6.10 Å². The zero-order valence-electron chi connectivity index (χ0n) is 17.9. The van der Waals surface area contributed by atoms with Crippen LogP contribution >= 0.6 is 24.0 Å². The Morgan fingerprint density at radius 2 is 1.93 bits per heavy atom. The Labute approximate surface area is 192 Å². The Hall–Kier alpha value is -1.58. The summed E-state index contributed by atoms with van der Waals surface area (Å²) >= 11 is 0. The van der Waals surface area contributed by atoms with E-state index < -0.39 is 0 Å². The van der Waals surface area contributed by atoms with E-state index >= 15 is 0 Å². The zero-order chi connectivity index (χ0) is 20.2. The molecule has 0 radical (unpaired) electrons. The van der Waals surface area contributed by atoms with Gasteiger partial charge in [-0.25, -0.2) is 9.98 Å². The third kappa shape index (κ3) is 9.18. The number of aliphatic imine (C=N–C) groups is 1. The fourth-order valence-electron chi connectivity index (χ4n) is 3.29. The topological polar surface area (TPSA) is 78.9 Å². The number of halogens is 1. The van der Waals surface area contributed by atoms with Gasteiger partial charge >= 0.3 is 0 Å². The van der Waals surface area contributed by atoms with Crippen LogP contribution in [0.3, 0.4) is 0 Å². The first-order chi connectivity index (χ1) is 13.7. The number of hydrogen-bond acceptors (Lipinski definition) is 4. The molecule has 0 aliphatic heterocycles. The highest BCUT2D eigenvalue weighted by atomic mass is 127. The summed E-state index contributed by atoms with van der Waals surface area (Å²) in [5.74, 6) is 1.57. The normalized spacial score (nSPS) is 14.2. The number of carbonyl (C=O) groups excluding carboxylic acids is 1. The van der Waals surface area contributed by atoms with Gasteiger partial charge in [0.25, 0.3) is 0 Å². The van der Waals surface area contributed by atoms with Gasteiger partial charge in [0.2, 0.25) is 11.8 Å². The fraction of sp³-hybridized carbons (Fsp3) is 0.667. The number of aromatic nitrogens is 1. The highest BCUT2D eigenvalue weighted by Gasteiger charge is 2.16. The predicted octanol–water partition coefficient (Wildman–Crippen LogP) is 3.33. The van der Waals surface area contributed by atoms with Gasteiger partial charge in [-0.05, 0) is 52.0 Å². The van der Waals surface area contributed by atoms with Crippen LogP contribution in [0.15, 0.2) is 23.3 Å². The van der Waals surface area contributed by atoms with E-state index in [2.05, 4.69) is 20.6 Å². The van der Waals surface area contributed by atoms with Crippen molar-refractivity contribution in [2.45, 2.75) is 65.5 Å². The van der Waals surface area contributed by atoms with Gasteiger partial charge in [-0.15, -0.1) is 24.0 Å². The van der Waals surface area contributed by atoms with Crippen molar-refractivity contribution in [2.75, 3.05) is 26.2 Å². The van der Waals surface area contributed by atoms with Crippen molar-refractivity contribution in [3.63, 3.8) is 0 Å². The molecule has 164 valence electrons. The zero-order valence-corrected chi connectivity index (χ0v) is 20.3. The highest BCUT2D eigenvalue weighted by molar-refractivity contribution is 14.0. The molecule has 29 heavy (non-hydrogen) atoms. The minimum atomic E-state index is 0. The van der Waals surface area contributed by atoms with Crippen molar-refractivity contribution < 1.29 is 9.53 Å². The molecule has 1 amide bonds. The monoisotopic (exact) mass is 517 g/mol. The van der Waals surface area contributed by atoms with Crippen LogP contribution in [-0.2, 0) is 11.3 Å². The SMILES string of the molecule is CCNC(=NCc1ccc(OC2CCCC2)nc1)NCCC(=O)N(CC)CC.I. The molecule has 0 spiro atoms. The lowest BCUT2D eigenvalue weighted by molar-refractivity contribution is -0.130. The van der Waals surface area contributed by atoms with E-state index in [4.69, 9.17) is 4.74 Å². The Balaban J connectivity index is 0.00000420. The second-order valence-corrected chi connectivity index (χ2v) is 6.97. The Bertz CT molecular complexity index is 614. The van der Waals surface area contributed by atoms with Crippen LogP contribution in [0.2, 0.25) is 0 Å². The number of pyridine rings is 1. The summed E-state index contributed by atoms with van der Waals surface area (Å²) in [5.41, 5.74) is 1.02. The molecule has 0 unspecified atom stereocenters. The predicted molar refractivity (Wildman–Crippen MR) is 128 cm³/mol. The molecule has 0 atom stereocenters. The van der Waals surface area contributed by atoms with Crippen LogP contribution in [0.4, 0.5) is 0 Å². The Morgan fingerprint density at radius 1 is 1.21 bits per heavy atom. The molecule has 0 saturated heterocycles. The lowest BCUT2D eigenvalue weighted by Gasteiger charge is -2.19. The maximum absolute atomic E-state index is 12.1. The molecule has 1 aliphatic carbocycles. The summed E-state index contributed by atoms with van der Waals surface area (Å²) in [4.78, 5) is 22.9. The molecule has 7 nitrogen and oxygen atoms in total. The number of amides is 1. The lowest BCUT2D eigenvalue weighted by atomic mass is 10.3. The third-order valence-corrected chi connectivity index (χ3v) is 4.90. The summed E-state index contributed by atoms with van der Waals surface area (Å²) in [6, 6.07) is 3.93. The molecule has 1 saturated carbocycles. The molecule has 2 N–H and O–H groups in total. The molecule has 1 aromatic rings. The lowest BCUT2D eigenvalue weighted by Crippen LogP contribution is -2.40. The molecule has 1 heterocycles. The second-order valence-electron chi connectivity index (χ2n) is 6.97. The van der Waals surface area contributed by atoms with Gasteiger partial charge in [-0.3, -0.25) is 4.79 Å². The van der Waals surface area contributed by atoms with E-state index in [0.29, 0.717) is 37.5 Å². The van der Waals surface area contributed by atoms with Crippen LogP contribution in [0, 0.1) is 0 Å². The minimum absolute atomic E-state index is 0. The maximum Gasteiger partial charge on any atom is 0.224 e. The van der Waals surface area contributed by atoms with Crippen molar-refractivity contribution >= 4 is 35.8 Å². The number of guanidine groups is 1. The largest absolute Gasteiger partial charge is 0.474 e. The Morgan fingerprint density at radius 3 is 2.52 bits per heavy atom. The highest BCUT2D eigenvalue weighted by Crippen LogP contribution is 2.22. The quantitative estimate of drug-likeness (QED) is 0.283. The standard InChI is InChI=1S/C21H35N5O2.HI/c1-4-22-21(23-14-13-20(27)26(5-2)6-3)25-16-17-11-12-19(24-15-17)28-18-9-7-8-10-18;/h11-12,15,18H,4-10,13-14,16H2,1-3H3,(H2,22,23,25);1H. The van der Waals surface area contributed by atoms with Crippen LogP contribution in [0.1, 0.15) is 58.4 Å². The number of nitrogens with zero attached hydrogens (tertiary/aromatic N) is 3. The summed E-state index contributed by atoms with van der Waals surface area (Å²) in [6.45, 7) is 9.37. The number of nitrogens with one attached hydrogen (secondary N) is 2. The number of hydrogen-bond donors (Lipinski definition) is 2. The summed E-state index contributed by atoms with van der Waals surface area (Å²) in [5, 5.41) is 6.44. The molecular formula is C21H36IN5O2. The van der Waals surface area contributed by atoms with E-state index in [1.807, 2.05) is 44.0 Å². The maximum atomic E-state index is 12.1. The van der Waals surface area contributed by atoms with E-state index in [1.165, 1.54) is 12.8 Å². The van der Waals surface area contributed by atoms with E-state index in [0.717, 1.165) is 38.0 Å². The van der Waals surface area contributed by atoms with Crippen LogP contribution in [-0.4, -0.2) is 54.0 Å². The molecular weight excluding hydrogens is 481 g/mol. The molecule has 2 rings (SSSR count). The third-order valence-electron chi connectivity index (χ3n) is 4.90. The number of ether oxygens (including phenoxy) is 1. The summed E-state index contributed by atoms with van der Waals surface area (Å²) in [7, 11) is 0. The first kappa shape index (κ1) is 25.5. The van der Waals surface area contributed by atoms with Crippen molar-refractivity contribution in [3.05, 3.63) is 23.9 Å². The van der Waals surface area contributed by atoms with Crippen LogP contribution in [0.25, 0.3) is 0 Å². The van der Waals surface area contributed by atoms with Gasteiger partial charge in [0.05, 0.1) is 6.54 Å². The van der Waals surface area contributed by atoms with Crippen LogP contribution in [0.5, 0.6) is 5.88 Å². The van der Waals surface area contributed by atoms with Gasteiger partial charge in [-0.1, -0.05) is 6.07 Å². The van der Waals surface area contributed by atoms with Gasteiger partial charge in [0, 0.05) is 44.9 Å². The fourth-order valence-corrected chi connectivity index (χ4v) is 3.29. The molecule has 8 heteroatoms. The molecule has 1 fully saturated rings. The average Bonchev–Trinajstić information content (AvgIpc) is 3.21. The first-order valence-corrected chi connectivity index (χ1v) is 10.6. The van der Waals surface area contributed by atoms with Gasteiger partial charge in [-0.2, -0.15) is 0 Å². The van der Waals surface area contributed by atoms with E-state index in [1.54, 1.807) is 0 Å². The minimum Gasteiger partial charge on any atom is -0.474 e. The molecule has 0 aromatic carbocycles. The second kappa shape index (κ2) is 14.4. The summed E-state index contributed by atoms with van der Waals surface area (Å²) in [6.07, 6.45) is 7.35. The molecule has 1 aliphatic rings. The molecule has 1 aromatic heterocycles. The van der Waals surface area contributed by atoms with Gasteiger partial charge < -0.3 is 20.3 Å². The van der Waals surface area contributed by atoms with E-state index in [9.17, 15) is 4.79 Å². The first-order valence-electron chi connectivity index (χ1n) is 10.6. The van der Waals surface area contributed by atoms with E-state index in [-0.39, 0.29) is 29.9 Å². The Kier molecular flexibility index (Phi) is 12.6. The average molecular weight is 517 g/mol. The molecule has 0 bridgehead atoms. The smallest absolute Gasteiger partial charge is 0.224 e. The van der Waals surface area contributed by atoms with Gasteiger partial charge in [0.15, 0.2) is 5.96 Å². The van der Waals surface area contributed by atoms with Crippen molar-refractivity contribution in [1.29, 1.82) is 0 Å². The van der Waals surface area contributed by atoms with Crippen molar-refractivity contribution in [3.8, 4) is 5.88 Å².